The molecule has 1 N–H and O–H groups in total. The van der Waals surface area contributed by atoms with E-state index in [1.165, 1.54) is 12.1 Å². The summed E-state index contributed by atoms with van der Waals surface area (Å²) >= 11 is 2.03. The summed E-state index contributed by atoms with van der Waals surface area (Å²) in [6.45, 7) is 0. The summed E-state index contributed by atoms with van der Waals surface area (Å²) in [6, 6.07) is 23.2. The molecule has 0 saturated carbocycles. The summed E-state index contributed by atoms with van der Waals surface area (Å²) in [5.74, 6) is 0. The molecule has 0 aromatic heterocycles. The first kappa shape index (κ1) is 16.6. The summed E-state index contributed by atoms with van der Waals surface area (Å²) in [5.41, 5.74) is 0.664. The van der Waals surface area contributed by atoms with Crippen LogP contribution in [-0.4, -0.2) is 10.0 Å². The lowest BCUT2D eigenvalue weighted by Crippen LogP contribution is -2.29. The Morgan fingerprint density at radius 3 is 1.79 bits per heavy atom. The molecule has 0 heterocycles. The van der Waals surface area contributed by atoms with Gasteiger partial charge in [0.2, 0.25) is 0 Å². The lowest BCUT2D eigenvalue weighted by Gasteiger charge is -2.31. The van der Waals surface area contributed by atoms with Gasteiger partial charge in [-0.1, -0.05) is 60.7 Å². The summed E-state index contributed by atoms with van der Waals surface area (Å²) in [4.78, 5) is 10.6. The second-order valence-electron chi connectivity index (χ2n) is 5.36. The smallest absolute Gasteiger partial charge is 0.270 e. The Balaban J connectivity index is 2.25. The van der Waals surface area contributed by atoms with E-state index in [0.29, 0.717) is 20.3 Å². The highest BCUT2D eigenvalue weighted by Crippen LogP contribution is 2.39. The maximum absolute atomic E-state index is 11.7. The van der Waals surface area contributed by atoms with Crippen molar-refractivity contribution in [2.45, 2.75) is 5.60 Å². The predicted molar refractivity (Wildman–Crippen MR) is 101 cm³/mol. The Morgan fingerprint density at radius 1 is 0.875 bits per heavy atom. The average molecular weight is 431 g/mol. The van der Waals surface area contributed by atoms with Gasteiger partial charge in [-0.25, -0.2) is 0 Å². The first-order valence-electron chi connectivity index (χ1n) is 7.31. The van der Waals surface area contributed by atoms with Crippen LogP contribution >= 0.6 is 22.6 Å². The van der Waals surface area contributed by atoms with Gasteiger partial charge in [0.25, 0.3) is 5.69 Å². The molecular formula is C19H14INO3. The minimum atomic E-state index is -1.38. The van der Waals surface area contributed by atoms with Gasteiger partial charge < -0.3 is 5.11 Å². The number of hydrogen-bond acceptors (Lipinski definition) is 3. The van der Waals surface area contributed by atoms with Crippen molar-refractivity contribution in [1.29, 1.82) is 0 Å². The van der Waals surface area contributed by atoms with Crippen LogP contribution in [0, 0.1) is 13.7 Å². The van der Waals surface area contributed by atoms with Gasteiger partial charge in [0.15, 0.2) is 0 Å². The summed E-state index contributed by atoms with van der Waals surface area (Å²) in [7, 11) is 0. The van der Waals surface area contributed by atoms with Crippen molar-refractivity contribution in [3.8, 4) is 0 Å². The van der Waals surface area contributed by atoms with E-state index >= 15 is 0 Å². The quantitative estimate of drug-likeness (QED) is 0.287. The minimum absolute atomic E-state index is 0.00613. The van der Waals surface area contributed by atoms with Crippen LogP contribution in [0.2, 0.25) is 0 Å². The van der Waals surface area contributed by atoms with E-state index in [0.717, 1.165) is 0 Å². The number of non-ortho nitro benzene ring substituents is 1. The standard InChI is InChI=1S/C19H14INO3/c20-18-13-16(21(23)24)11-12-17(18)19(22,14-7-3-1-4-8-14)15-9-5-2-6-10-15/h1-13,22H. The van der Waals surface area contributed by atoms with E-state index in [1.54, 1.807) is 6.07 Å². The van der Waals surface area contributed by atoms with Crippen LogP contribution < -0.4 is 0 Å². The van der Waals surface area contributed by atoms with Crippen molar-refractivity contribution in [1.82, 2.24) is 0 Å². The monoisotopic (exact) mass is 431 g/mol. The van der Waals surface area contributed by atoms with Gasteiger partial charge in [-0.15, -0.1) is 0 Å². The molecule has 0 aliphatic heterocycles. The van der Waals surface area contributed by atoms with Crippen LogP contribution in [-0.2, 0) is 5.60 Å². The van der Waals surface area contributed by atoms with Crippen molar-refractivity contribution < 1.29 is 10.0 Å². The SMILES string of the molecule is O=[N+]([O-])c1ccc(C(O)(c2ccccc2)c2ccccc2)c(I)c1. The van der Waals surface area contributed by atoms with Crippen molar-refractivity contribution in [2.75, 3.05) is 0 Å². The molecule has 4 nitrogen and oxygen atoms in total. The Kier molecular flexibility index (Phi) is 4.64. The van der Waals surface area contributed by atoms with Crippen LogP contribution in [0.4, 0.5) is 5.69 Å². The fourth-order valence-corrected chi connectivity index (χ4v) is 3.64. The Hall–Kier alpha value is -2.25. The molecule has 3 aromatic carbocycles. The fourth-order valence-electron chi connectivity index (χ4n) is 2.75. The van der Waals surface area contributed by atoms with Gasteiger partial charge in [-0.05, 0) is 39.8 Å². The second kappa shape index (κ2) is 6.70. The number of hydrogen-bond donors (Lipinski definition) is 1. The molecule has 3 rings (SSSR count). The fraction of sp³-hybridized carbons (Fsp3) is 0.0526. The molecule has 0 radical (unpaired) electrons. The second-order valence-corrected chi connectivity index (χ2v) is 6.53. The first-order valence-corrected chi connectivity index (χ1v) is 8.39. The largest absolute Gasteiger partial charge is 0.376 e. The summed E-state index contributed by atoms with van der Waals surface area (Å²) in [5, 5.41) is 22.7. The maximum Gasteiger partial charge on any atom is 0.270 e. The van der Waals surface area contributed by atoms with E-state index in [2.05, 4.69) is 0 Å². The van der Waals surface area contributed by atoms with Crippen LogP contribution in [0.25, 0.3) is 0 Å². The van der Waals surface area contributed by atoms with Gasteiger partial charge >= 0.3 is 0 Å². The van der Waals surface area contributed by atoms with Gasteiger partial charge in [0.1, 0.15) is 5.60 Å². The zero-order valence-corrected chi connectivity index (χ0v) is 14.8. The lowest BCUT2D eigenvalue weighted by atomic mass is 9.80. The van der Waals surface area contributed by atoms with E-state index in [4.69, 9.17) is 0 Å². The number of nitro benzene ring substituents is 1. The van der Waals surface area contributed by atoms with Crippen LogP contribution in [0.1, 0.15) is 16.7 Å². The number of rotatable bonds is 4. The van der Waals surface area contributed by atoms with E-state index in [9.17, 15) is 15.2 Å². The molecule has 0 spiro atoms. The van der Waals surface area contributed by atoms with Crippen LogP contribution in [0.3, 0.4) is 0 Å². The average Bonchev–Trinajstić information content (AvgIpc) is 2.62. The highest BCUT2D eigenvalue weighted by atomic mass is 127. The molecule has 0 fully saturated rings. The molecule has 0 unspecified atom stereocenters. The van der Waals surface area contributed by atoms with E-state index in [-0.39, 0.29) is 5.69 Å². The van der Waals surface area contributed by atoms with Crippen LogP contribution in [0.15, 0.2) is 78.9 Å². The lowest BCUT2D eigenvalue weighted by molar-refractivity contribution is -0.385. The molecule has 24 heavy (non-hydrogen) atoms. The van der Waals surface area contributed by atoms with Gasteiger partial charge in [-0.2, -0.15) is 0 Å². The van der Waals surface area contributed by atoms with Crippen molar-refractivity contribution in [2.24, 2.45) is 0 Å². The molecule has 120 valence electrons. The van der Waals surface area contributed by atoms with Crippen molar-refractivity contribution in [3.05, 3.63) is 109 Å². The molecule has 0 atom stereocenters. The molecule has 0 saturated heterocycles. The highest BCUT2D eigenvalue weighted by Gasteiger charge is 2.35. The molecule has 0 bridgehead atoms. The third-order valence-electron chi connectivity index (χ3n) is 3.94. The zero-order valence-electron chi connectivity index (χ0n) is 12.6. The van der Waals surface area contributed by atoms with E-state index < -0.39 is 10.5 Å². The molecule has 0 aliphatic carbocycles. The van der Waals surface area contributed by atoms with Gasteiger partial charge in [0.05, 0.1) is 4.92 Å². The van der Waals surface area contributed by atoms with E-state index in [1.807, 2.05) is 83.3 Å². The van der Waals surface area contributed by atoms with Crippen molar-refractivity contribution in [3.63, 3.8) is 0 Å². The normalized spacial score (nSPS) is 11.2. The minimum Gasteiger partial charge on any atom is -0.376 e. The number of nitrogens with zero attached hydrogens (tertiary/aromatic N) is 1. The molecule has 0 aliphatic rings. The third-order valence-corrected chi connectivity index (χ3v) is 4.83. The Bertz CT molecular complexity index is 827. The van der Waals surface area contributed by atoms with Gasteiger partial charge in [-0.3, -0.25) is 10.1 Å². The molecule has 0 amide bonds. The Morgan fingerprint density at radius 2 is 1.38 bits per heavy atom. The Labute approximate surface area is 153 Å². The maximum atomic E-state index is 11.7. The van der Waals surface area contributed by atoms with Gasteiger partial charge in [0, 0.05) is 21.3 Å². The number of benzene rings is 3. The molecular weight excluding hydrogens is 417 g/mol. The molecule has 3 aromatic rings. The number of halogens is 1. The summed E-state index contributed by atoms with van der Waals surface area (Å²) in [6.07, 6.45) is 0. The van der Waals surface area contributed by atoms with Crippen molar-refractivity contribution >= 4 is 28.3 Å². The third kappa shape index (κ3) is 2.92. The number of aliphatic hydroxyl groups is 1. The summed E-state index contributed by atoms with van der Waals surface area (Å²) < 4.78 is 0.636. The first-order chi connectivity index (χ1) is 11.5. The predicted octanol–water partition coefficient (Wildman–Crippen LogP) is 4.48. The highest BCUT2D eigenvalue weighted by molar-refractivity contribution is 14.1. The zero-order chi connectivity index (χ0) is 17.2. The molecule has 5 heteroatoms. The topological polar surface area (TPSA) is 63.4 Å². The number of nitro groups is 1. The van der Waals surface area contributed by atoms with Crippen LogP contribution in [0.5, 0.6) is 0 Å².